The van der Waals surface area contributed by atoms with Crippen LogP contribution in [0.4, 0.5) is 0 Å². The molecule has 0 aliphatic rings. The minimum Gasteiger partial charge on any atom is -0.497 e. The van der Waals surface area contributed by atoms with Gasteiger partial charge in [-0.25, -0.2) is 0 Å². The zero-order valence-electron chi connectivity index (χ0n) is 16.6. The molecule has 0 aliphatic carbocycles. The van der Waals surface area contributed by atoms with Gasteiger partial charge in [-0.2, -0.15) is 0 Å². The number of carbonyl (C=O) groups excluding carboxylic acids is 1. The Hall–Kier alpha value is -1.55. The van der Waals surface area contributed by atoms with Crippen LogP contribution in [0.15, 0.2) is 24.3 Å². The van der Waals surface area contributed by atoms with Crippen molar-refractivity contribution in [1.29, 1.82) is 0 Å². The fraction of sp³-hybridized carbons (Fsp3) is 0.667. The molecule has 25 heavy (non-hydrogen) atoms. The van der Waals surface area contributed by atoms with Crippen LogP contribution in [0, 0.1) is 0 Å². The number of hydrogen-bond donors (Lipinski definition) is 1. The molecule has 142 valence electrons. The van der Waals surface area contributed by atoms with Gasteiger partial charge in [0.25, 0.3) is 5.91 Å². The Morgan fingerprint density at radius 3 is 2.00 bits per heavy atom. The van der Waals surface area contributed by atoms with E-state index in [0.29, 0.717) is 5.56 Å². The summed E-state index contributed by atoms with van der Waals surface area (Å²) >= 11 is 0. The summed E-state index contributed by atoms with van der Waals surface area (Å²) in [5, 5.41) is 3.08. The second-order valence-corrected chi connectivity index (χ2v) is 7.19. The van der Waals surface area contributed by atoms with Crippen molar-refractivity contribution in [3.63, 3.8) is 0 Å². The number of ether oxygens (including phenoxy) is 1. The lowest BCUT2D eigenvalue weighted by atomic mass is 10.1. The van der Waals surface area contributed by atoms with Crippen LogP contribution in [0.25, 0.3) is 0 Å². The lowest BCUT2D eigenvalue weighted by Crippen LogP contribution is -2.49. The first-order valence-electron chi connectivity index (χ1n) is 9.80. The summed E-state index contributed by atoms with van der Waals surface area (Å²) in [6, 6.07) is 7.27. The molecule has 0 spiro atoms. The van der Waals surface area contributed by atoms with Gasteiger partial charge >= 0.3 is 0 Å². The quantitative estimate of drug-likeness (QED) is 0.427. The summed E-state index contributed by atoms with van der Waals surface area (Å²) in [5.41, 5.74) is 0.687. The lowest BCUT2D eigenvalue weighted by Gasteiger charge is -2.35. The number of unbranched alkanes of at least 4 members (excludes halogenated alkanes) is 4. The van der Waals surface area contributed by atoms with Gasteiger partial charge in [0.15, 0.2) is 0 Å². The van der Waals surface area contributed by atoms with E-state index in [-0.39, 0.29) is 5.91 Å². The second-order valence-electron chi connectivity index (χ2n) is 7.19. The van der Waals surface area contributed by atoms with Crippen molar-refractivity contribution in [2.75, 3.05) is 40.3 Å². The summed E-state index contributed by atoms with van der Waals surface area (Å²) in [6.45, 7) is 8.62. The molecule has 0 atom stereocenters. The van der Waals surface area contributed by atoms with Crippen molar-refractivity contribution in [2.24, 2.45) is 0 Å². The van der Waals surface area contributed by atoms with Gasteiger partial charge in [0.05, 0.1) is 40.3 Å². The van der Waals surface area contributed by atoms with Crippen LogP contribution in [0.2, 0.25) is 0 Å². The molecular weight excluding hydrogens is 312 g/mol. The third-order valence-corrected chi connectivity index (χ3v) is 4.89. The number of carbonyl (C=O) groups is 1. The first-order chi connectivity index (χ1) is 12.0. The van der Waals surface area contributed by atoms with E-state index in [4.69, 9.17) is 4.74 Å². The Morgan fingerprint density at radius 1 is 0.960 bits per heavy atom. The number of amides is 1. The normalized spacial score (nSPS) is 11.4. The first-order valence-corrected chi connectivity index (χ1v) is 9.80. The molecule has 0 saturated heterocycles. The van der Waals surface area contributed by atoms with Crippen molar-refractivity contribution in [1.82, 2.24) is 5.32 Å². The summed E-state index contributed by atoms with van der Waals surface area (Å²) in [7, 11) is 3.97. The molecule has 0 aliphatic heterocycles. The van der Waals surface area contributed by atoms with E-state index in [2.05, 4.69) is 26.2 Å². The van der Waals surface area contributed by atoms with Crippen molar-refractivity contribution < 1.29 is 14.0 Å². The Balaban J connectivity index is 2.48. The molecule has 1 aromatic carbocycles. The monoisotopic (exact) mass is 349 g/mol. The molecule has 4 nitrogen and oxygen atoms in total. The standard InChI is InChI=1S/C21H36N2O2/c1-5-7-9-16-23(3,17-10-8-6-2)18-15-22-21(24)19-11-13-20(25-4)14-12-19/h11-14H,5-10,15-18H2,1-4H3/p+1. The van der Waals surface area contributed by atoms with E-state index < -0.39 is 0 Å². The fourth-order valence-corrected chi connectivity index (χ4v) is 3.11. The Bertz CT molecular complexity index is 475. The van der Waals surface area contributed by atoms with E-state index in [1.54, 1.807) is 7.11 Å². The molecule has 0 bridgehead atoms. The number of hydrogen-bond acceptors (Lipinski definition) is 2. The van der Waals surface area contributed by atoms with Crippen molar-refractivity contribution in [2.45, 2.75) is 52.4 Å². The van der Waals surface area contributed by atoms with Gasteiger partial charge in [0.2, 0.25) is 0 Å². The summed E-state index contributed by atoms with van der Waals surface area (Å²) in [4.78, 5) is 12.3. The van der Waals surface area contributed by atoms with Crippen LogP contribution < -0.4 is 10.1 Å². The van der Waals surface area contributed by atoms with Gasteiger partial charge < -0.3 is 14.5 Å². The Morgan fingerprint density at radius 2 is 1.52 bits per heavy atom. The number of nitrogens with zero attached hydrogens (tertiary/aromatic N) is 1. The third-order valence-electron chi connectivity index (χ3n) is 4.89. The molecule has 1 aromatic rings. The highest BCUT2D eigenvalue weighted by atomic mass is 16.5. The minimum atomic E-state index is -0.00341. The van der Waals surface area contributed by atoms with Crippen molar-refractivity contribution in [3.8, 4) is 5.75 Å². The lowest BCUT2D eigenvalue weighted by molar-refractivity contribution is -0.908. The van der Waals surface area contributed by atoms with E-state index in [9.17, 15) is 4.79 Å². The Kier molecular flexibility index (Phi) is 10.2. The number of rotatable bonds is 13. The number of nitrogens with one attached hydrogen (secondary N) is 1. The Labute approximate surface area is 154 Å². The molecule has 0 heterocycles. The summed E-state index contributed by atoms with van der Waals surface area (Å²) in [5.74, 6) is 0.768. The van der Waals surface area contributed by atoms with Crippen LogP contribution >= 0.6 is 0 Å². The zero-order chi connectivity index (χ0) is 18.5. The highest BCUT2D eigenvalue weighted by molar-refractivity contribution is 5.94. The first kappa shape index (κ1) is 21.5. The molecule has 1 amide bonds. The molecule has 0 fully saturated rings. The summed E-state index contributed by atoms with van der Waals surface area (Å²) < 4.78 is 6.19. The molecule has 1 rings (SSSR count). The highest BCUT2D eigenvalue weighted by Crippen LogP contribution is 2.12. The van der Waals surface area contributed by atoms with Gasteiger partial charge in [0.1, 0.15) is 5.75 Å². The molecule has 0 aromatic heterocycles. The highest BCUT2D eigenvalue weighted by Gasteiger charge is 2.20. The maximum absolute atomic E-state index is 12.3. The predicted molar refractivity (Wildman–Crippen MR) is 105 cm³/mol. The zero-order valence-corrected chi connectivity index (χ0v) is 16.6. The van der Waals surface area contributed by atoms with Gasteiger partial charge in [-0.05, 0) is 49.9 Å². The van der Waals surface area contributed by atoms with Crippen molar-refractivity contribution in [3.05, 3.63) is 29.8 Å². The fourth-order valence-electron chi connectivity index (χ4n) is 3.11. The van der Waals surface area contributed by atoms with E-state index in [1.165, 1.54) is 51.6 Å². The maximum Gasteiger partial charge on any atom is 0.251 e. The molecule has 1 N–H and O–H groups in total. The van der Waals surface area contributed by atoms with Crippen LogP contribution in [0.1, 0.15) is 62.7 Å². The number of benzene rings is 1. The molecular formula is C21H37N2O2+. The summed E-state index contributed by atoms with van der Waals surface area (Å²) in [6.07, 6.45) is 7.63. The average molecular weight is 350 g/mol. The average Bonchev–Trinajstić information content (AvgIpc) is 2.62. The van der Waals surface area contributed by atoms with Crippen LogP contribution in [0.5, 0.6) is 5.75 Å². The predicted octanol–water partition coefficient (Wildman–Crippen LogP) is 4.25. The smallest absolute Gasteiger partial charge is 0.251 e. The largest absolute Gasteiger partial charge is 0.497 e. The van der Waals surface area contributed by atoms with Gasteiger partial charge in [-0.1, -0.05) is 26.7 Å². The van der Waals surface area contributed by atoms with Gasteiger partial charge in [-0.3, -0.25) is 4.79 Å². The van der Waals surface area contributed by atoms with E-state index in [0.717, 1.165) is 23.3 Å². The van der Waals surface area contributed by atoms with Gasteiger partial charge in [0, 0.05) is 5.56 Å². The van der Waals surface area contributed by atoms with Crippen LogP contribution in [0.3, 0.4) is 0 Å². The molecule has 4 heteroatoms. The van der Waals surface area contributed by atoms with E-state index in [1.807, 2.05) is 24.3 Å². The SMILES string of the molecule is CCCCC[N+](C)(CCCCC)CCNC(=O)c1ccc(OC)cc1. The minimum absolute atomic E-state index is 0.00341. The molecule has 0 unspecified atom stereocenters. The maximum atomic E-state index is 12.3. The topological polar surface area (TPSA) is 38.3 Å². The van der Waals surface area contributed by atoms with Crippen LogP contribution in [-0.4, -0.2) is 50.7 Å². The number of methoxy groups -OCH3 is 1. The van der Waals surface area contributed by atoms with E-state index >= 15 is 0 Å². The van der Waals surface area contributed by atoms with Crippen LogP contribution in [-0.2, 0) is 0 Å². The third kappa shape index (κ3) is 8.39. The molecule has 0 radical (unpaired) electrons. The number of quaternary nitrogens is 1. The second kappa shape index (κ2) is 11.9. The van der Waals surface area contributed by atoms with Crippen molar-refractivity contribution >= 4 is 5.91 Å². The molecule has 0 saturated carbocycles. The van der Waals surface area contributed by atoms with Gasteiger partial charge in [-0.15, -0.1) is 0 Å². The number of likely N-dealkylation sites (N-methyl/N-ethyl adjacent to an activating group) is 1.